The predicted octanol–water partition coefficient (Wildman–Crippen LogP) is 3.35. The maximum Gasteiger partial charge on any atom is 0.245 e. The number of hydrogen-bond acceptors (Lipinski definition) is 4. The van der Waals surface area contributed by atoms with Crippen molar-refractivity contribution in [2.75, 3.05) is 6.54 Å². The summed E-state index contributed by atoms with van der Waals surface area (Å²) in [5, 5.41) is 9.18. The number of aliphatic hydroxyl groups excluding tert-OH is 1. The SMILES string of the molecule is CCC1CCCCCN1S(=O)(=O)c1cc(CO)sc1Br. The highest BCUT2D eigenvalue weighted by atomic mass is 79.9. The van der Waals surface area contributed by atoms with Crippen molar-refractivity contribution in [3.63, 3.8) is 0 Å². The molecule has 1 aliphatic heterocycles. The lowest BCUT2D eigenvalue weighted by atomic mass is 10.1. The van der Waals surface area contributed by atoms with Crippen molar-refractivity contribution >= 4 is 37.3 Å². The Kier molecular flexibility index (Phi) is 5.64. The van der Waals surface area contributed by atoms with Crippen LogP contribution in [0, 0.1) is 0 Å². The van der Waals surface area contributed by atoms with Gasteiger partial charge in [-0.15, -0.1) is 11.3 Å². The standard InChI is InChI=1S/C13H20BrNO3S2/c1-2-10-6-4-3-5-7-15(10)20(17,18)12-8-11(9-16)19-13(12)14/h8,10,16H,2-7,9H2,1H3. The first-order valence-electron chi connectivity index (χ1n) is 6.91. The Bertz CT molecular complexity index is 556. The molecule has 0 bridgehead atoms. The fraction of sp³-hybridized carbons (Fsp3) is 0.692. The van der Waals surface area contributed by atoms with Crippen LogP contribution in [0.15, 0.2) is 14.7 Å². The number of hydrogen-bond donors (Lipinski definition) is 1. The van der Waals surface area contributed by atoms with Gasteiger partial charge in [0.05, 0.1) is 10.4 Å². The van der Waals surface area contributed by atoms with Gasteiger partial charge in [0.2, 0.25) is 10.0 Å². The normalized spacial score (nSPS) is 21.9. The van der Waals surface area contributed by atoms with Gasteiger partial charge in [-0.25, -0.2) is 8.42 Å². The second-order valence-corrected chi connectivity index (χ2v) is 9.35. The van der Waals surface area contributed by atoms with Crippen LogP contribution >= 0.6 is 27.3 Å². The number of aliphatic hydroxyl groups is 1. The Morgan fingerprint density at radius 1 is 1.45 bits per heavy atom. The highest BCUT2D eigenvalue weighted by Gasteiger charge is 2.33. The van der Waals surface area contributed by atoms with Crippen LogP contribution in [-0.2, 0) is 16.6 Å². The molecule has 0 amide bonds. The maximum atomic E-state index is 12.9. The van der Waals surface area contributed by atoms with E-state index in [0.717, 1.165) is 32.1 Å². The van der Waals surface area contributed by atoms with Crippen molar-refractivity contribution in [1.82, 2.24) is 4.31 Å². The Hall–Kier alpha value is 0.0500. The van der Waals surface area contributed by atoms with Crippen molar-refractivity contribution in [3.8, 4) is 0 Å². The molecule has 1 fully saturated rings. The molecular weight excluding hydrogens is 362 g/mol. The molecule has 1 aromatic heterocycles. The lowest BCUT2D eigenvalue weighted by molar-refractivity contribution is 0.285. The Morgan fingerprint density at radius 3 is 2.80 bits per heavy atom. The van der Waals surface area contributed by atoms with Crippen LogP contribution in [0.2, 0.25) is 0 Å². The van der Waals surface area contributed by atoms with E-state index in [4.69, 9.17) is 0 Å². The summed E-state index contributed by atoms with van der Waals surface area (Å²) in [6.07, 6.45) is 4.88. The van der Waals surface area contributed by atoms with Gasteiger partial charge in [-0.1, -0.05) is 19.8 Å². The topological polar surface area (TPSA) is 57.6 Å². The minimum atomic E-state index is -3.48. The quantitative estimate of drug-likeness (QED) is 0.869. The van der Waals surface area contributed by atoms with Crippen molar-refractivity contribution in [2.24, 2.45) is 0 Å². The molecular formula is C13H20BrNO3S2. The number of sulfonamides is 1. The van der Waals surface area contributed by atoms with Gasteiger partial charge < -0.3 is 5.11 Å². The molecule has 1 aromatic rings. The monoisotopic (exact) mass is 381 g/mol. The molecule has 1 atom stereocenters. The summed E-state index contributed by atoms with van der Waals surface area (Å²) >= 11 is 4.60. The zero-order chi connectivity index (χ0) is 14.8. The lowest BCUT2D eigenvalue weighted by Gasteiger charge is -2.28. The minimum absolute atomic E-state index is 0.0897. The molecule has 20 heavy (non-hydrogen) atoms. The first kappa shape index (κ1) is 16.4. The van der Waals surface area contributed by atoms with Crippen molar-refractivity contribution in [3.05, 3.63) is 14.7 Å². The first-order chi connectivity index (χ1) is 9.50. The third kappa shape index (κ3) is 3.27. The van der Waals surface area contributed by atoms with Crippen molar-refractivity contribution in [1.29, 1.82) is 0 Å². The second kappa shape index (κ2) is 6.87. The molecule has 1 N–H and O–H groups in total. The number of halogens is 1. The van der Waals surface area contributed by atoms with Gasteiger partial charge in [-0.3, -0.25) is 0 Å². The van der Waals surface area contributed by atoms with Crippen LogP contribution in [0.25, 0.3) is 0 Å². The molecule has 7 heteroatoms. The average molecular weight is 382 g/mol. The van der Waals surface area contributed by atoms with Crippen LogP contribution in [0.1, 0.15) is 43.9 Å². The molecule has 1 saturated heterocycles. The summed E-state index contributed by atoms with van der Waals surface area (Å²) in [5.41, 5.74) is 0. The summed E-state index contributed by atoms with van der Waals surface area (Å²) in [6.45, 7) is 2.51. The Morgan fingerprint density at radius 2 is 2.20 bits per heavy atom. The van der Waals surface area contributed by atoms with Crippen LogP contribution in [0.4, 0.5) is 0 Å². The van der Waals surface area contributed by atoms with Gasteiger partial charge in [0, 0.05) is 17.5 Å². The second-order valence-electron chi connectivity index (χ2n) is 5.04. The van der Waals surface area contributed by atoms with Crippen LogP contribution in [-0.4, -0.2) is 30.4 Å². The van der Waals surface area contributed by atoms with E-state index < -0.39 is 10.0 Å². The van der Waals surface area contributed by atoms with Crippen LogP contribution in [0.5, 0.6) is 0 Å². The zero-order valence-electron chi connectivity index (χ0n) is 11.5. The van der Waals surface area contributed by atoms with Gasteiger partial charge in [-0.05, 0) is 41.3 Å². The van der Waals surface area contributed by atoms with E-state index in [1.807, 2.05) is 6.92 Å². The van der Waals surface area contributed by atoms with Gasteiger partial charge in [0.15, 0.2) is 0 Å². The van der Waals surface area contributed by atoms with Crippen LogP contribution < -0.4 is 0 Å². The highest BCUT2D eigenvalue weighted by Crippen LogP contribution is 2.35. The molecule has 0 aromatic carbocycles. The first-order valence-corrected chi connectivity index (χ1v) is 9.96. The van der Waals surface area contributed by atoms with E-state index in [2.05, 4.69) is 15.9 Å². The summed E-state index contributed by atoms with van der Waals surface area (Å²) in [6, 6.07) is 1.67. The summed E-state index contributed by atoms with van der Waals surface area (Å²) in [4.78, 5) is 0.963. The average Bonchev–Trinajstić information content (AvgIpc) is 2.66. The lowest BCUT2D eigenvalue weighted by Crippen LogP contribution is -2.39. The molecule has 0 spiro atoms. The molecule has 2 heterocycles. The summed E-state index contributed by atoms with van der Waals surface area (Å²) in [5.74, 6) is 0. The minimum Gasteiger partial charge on any atom is -0.391 e. The summed E-state index contributed by atoms with van der Waals surface area (Å²) in [7, 11) is -3.48. The summed E-state index contributed by atoms with van der Waals surface area (Å²) < 4.78 is 28.0. The van der Waals surface area contributed by atoms with E-state index in [0.29, 0.717) is 20.1 Å². The smallest absolute Gasteiger partial charge is 0.245 e. The fourth-order valence-corrected chi connectivity index (χ4v) is 6.91. The van der Waals surface area contributed by atoms with E-state index in [1.54, 1.807) is 10.4 Å². The van der Waals surface area contributed by atoms with E-state index >= 15 is 0 Å². The maximum absolute atomic E-state index is 12.9. The number of rotatable bonds is 4. The molecule has 1 unspecified atom stereocenters. The van der Waals surface area contributed by atoms with Gasteiger partial charge in [-0.2, -0.15) is 4.31 Å². The zero-order valence-corrected chi connectivity index (χ0v) is 14.7. The number of thiophene rings is 1. The highest BCUT2D eigenvalue weighted by molar-refractivity contribution is 9.11. The van der Waals surface area contributed by atoms with Crippen molar-refractivity contribution in [2.45, 2.75) is 56.6 Å². The molecule has 1 aliphatic rings. The third-order valence-electron chi connectivity index (χ3n) is 3.74. The molecule has 2 rings (SSSR count). The fourth-order valence-electron chi connectivity index (χ4n) is 2.65. The molecule has 4 nitrogen and oxygen atoms in total. The van der Waals surface area contributed by atoms with Gasteiger partial charge in [0.1, 0.15) is 4.90 Å². The Labute approximate surface area is 133 Å². The molecule has 0 aliphatic carbocycles. The molecule has 0 radical (unpaired) electrons. The largest absolute Gasteiger partial charge is 0.391 e. The molecule has 114 valence electrons. The predicted molar refractivity (Wildman–Crippen MR) is 84.4 cm³/mol. The van der Waals surface area contributed by atoms with E-state index in [9.17, 15) is 13.5 Å². The Balaban J connectivity index is 2.38. The van der Waals surface area contributed by atoms with Crippen LogP contribution in [0.3, 0.4) is 0 Å². The van der Waals surface area contributed by atoms with Gasteiger partial charge in [0.25, 0.3) is 0 Å². The van der Waals surface area contributed by atoms with E-state index in [-0.39, 0.29) is 12.6 Å². The van der Waals surface area contributed by atoms with Gasteiger partial charge >= 0.3 is 0 Å². The third-order valence-corrected chi connectivity index (χ3v) is 7.93. The molecule has 0 saturated carbocycles. The van der Waals surface area contributed by atoms with Crippen molar-refractivity contribution < 1.29 is 13.5 Å². The van der Waals surface area contributed by atoms with E-state index in [1.165, 1.54) is 11.3 Å². The number of nitrogens with zero attached hydrogens (tertiary/aromatic N) is 1.